The Bertz CT molecular complexity index is 1180. The first-order valence-electron chi connectivity index (χ1n) is 11.1. The molecule has 12 nitrogen and oxygen atoms in total. The number of nitrogens with one attached hydrogen (secondary N) is 3. The second-order valence-electron chi connectivity index (χ2n) is 8.26. The number of carbonyl (C=O) groups excluding carboxylic acids is 3. The van der Waals surface area contributed by atoms with E-state index < -0.39 is 45.9 Å². The van der Waals surface area contributed by atoms with Gasteiger partial charge in [0.05, 0.1) is 24.6 Å². The Labute approximate surface area is 208 Å². The van der Waals surface area contributed by atoms with Gasteiger partial charge >= 0.3 is 0 Å². The molecule has 1 heterocycles. The molecule has 194 valence electrons. The summed E-state index contributed by atoms with van der Waals surface area (Å²) in [4.78, 5) is 36.8. The number of amides is 3. The third-order valence-electron chi connectivity index (χ3n) is 5.76. The predicted octanol–water partition coefficient (Wildman–Crippen LogP) is -0.865. The van der Waals surface area contributed by atoms with Gasteiger partial charge in [-0.25, -0.2) is 13.9 Å². The van der Waals surface area contributed by atoms with Crippen LogP contribution in [0.3, 0.4) is 0 Å². The average molecular weight is 520 g/mol. The second-order valence-corrected chi connectivity index (χ2v) is 10.1. The number of benzene rings is 2. The molecular weight excluding hydrogens is 490 g/mol. The molecule has 0 bridgehead atoms. The lowest BCUT2D eigenvalue weighted by molar-refractivity contribution is -0.132. The normalized spacial score (nSPS) is 18.8. The van der Waals surface area contributed by atoms with E-state index in [9.17, 15) is 22.8 Å². The molecule has 0 aromatic heterocycles. The molecule has 2 aromatic carbocycles. The third-order valence-corrected chi connectivity index (χ3v) is 7.65. The first kappa shape index (κ1) is 27.1. The van der Waals surface area contributed by atoms with E-state index in [1.165, 1.54) is 36.9 Å². The van der Waals surface area contributed by atoms with E-state index in [1.807, 2.05) is 30.3 Å². The molecule has 1 saturated heterocycles. The van der Waals surface area contributed by atoms with E-state index in [-0.39, 0.29) is 24.4 Å². The third kappa shape index (κ3) is 6.57. The summed E-state index contributed by atoms with van der Waals surface area (Å²) < 4.78 is 32.3. The van der Waals surface area contributed by atoms with Crippen molar-refractivity contribution in [3.05, 3.63) is 60.2 Å². The van der Waals surface area contributed by atoms with Gasteiger partial charge in [0.15, 0.2) is 0 Å². The first-order valence-corrected chi connectivity index (χ1v) is 12.6. The summed E-state index contributed by atoms with van der Waals surface area (Å²) in [6.07, 6.45) is 0.224. The van der Waals surface area contributed by atoms with Crippen LogP contribution in [-0.4, -0.2) is 74.0 Å². The van der Waals surface area contributed by atoms with Crippen LogP contribution in [-0.2, 0) is 30.8 Å². The van der Waals surface area contributed by atoms with Crippen LogP contribution in [0.4, 0.5) is 0 Å². The molecule has 0 aliphatic carbocycles. The van der Waals surface area contributed by atoms with Crippen LogP contribution in [0.1, 0.15) is 12.0 Å². The first-order chi connectivity index (χ1) is 17.1. The van der Waals surface area contributed by atoms with Crippen LogP contribution in [0.15, 0.2) is 59.5 Å². The van der Waals surface area contributed by atoms with Crippen LogP contribution in [0, 0.1) is 0 Å². The smallest absolute Gasteiger partial charge is 0.261 e. The van der Waals surface area contributed by atoms with Crippen LogP contribution in [0.2, 0.25) is 0 Å². The van der Waals surface area contributed by atoms with E-state index in [2.05, 4.69) is 10.6 Å². The van der Waals surface area contributed by atoms with Crippen molar-refractivity contribution in [1.29, 1.82) is 0 Å². The standard InChI is InChI=1S/C23H29N5O7S/c1-35-17-7-9-18(10-8-17)36(33,34)28-14-16(12-20(28)23(31)27-32)26-21(29)13-25-22(30)19(24)11-15-5-3-2-4-6-15/h2-10,16,19-20,32H,11-14,24H2,1H3,(H,25,30)(H,26,29)(H,27,31)/t16-,19-,20-/m0/s1. The summed E-state index contributed by atoms with van der Waals surface area (Å²) >= 11 is 0. The summed E-state index contributed by atoms with van der Waals surface area (Å²) in [6.45, 7) is -0.584. The zero-order chi connectivity index (χ0) is 26.3. The zero-order valence-electron chi connectivity index (χ0n) is 19.6. The molecule has 1 aliphatic heterocycles. The van der Waals surface area contributed by atoms with Gasteiger partial charge in [0.2, 0.25) is 21.8 Å². The molecule has 3 rings (SSSR count). The fourth-order valence-electron chi connectivity index (χ4n) is 3.91. The lowest BCUT2D eigenvalue weighted by Gasteiger charge is -2.22. The summed E-state index contributed by atoms with van der Waals surface area (Å²) in [5.74, 6) is -1.56. The Morgan fingerprint density at radius 3 is 2.42 bits per heavy atom. The molecule has 0 spiro atoms. The van der Waals surface area contributed by atoms with E-state index in [1.54, 1.807) is 0 Å². The predicted molar refractivity (Wildman–Crippen MR) is 128 cm³/mol. The summed E-state index contributed by atoms with van der Waals surface area (Å²) in [7, 11) is -2.69. The van der Waals surface area contributed by atoms with Gasteiger partial charge in [0, 0.05) is 12.6 Å². The van der Waals surface area contributed by atoms with Crippen molar-refractivity contribution in [2.75, 3.05) is 20.2 Å². The van der Waals surface area contributed by atoms with Gasteiger partial charge < -0.3 is 21.1 Å². The Hall–Kier alpha value is -3.52. The van der Waals surface area contributed by atoms with Crippen molar-refractivity contribution < 1.29 is 32.7 Å². The highest BCUT2D eigenvalue weighted by molar-refractivity contribution is 7.89. The number of rotatable bonds is 10. The minimum absolute atomic E-state index is 0.0744. The van der Waals surface area contributed by atoms with E-state index in [0.29, 0.717) is 12.2 Å². The maximum absolute atomic E-state index is 13.2. The Morgan fingerprint density at radius 2 is 1.81 bits per heavy atom. The lowest BCUT2D eigenvalue weighted by atomic mass is 10.1. The Kier molecular flexibility index (Phi) is 8.98. The molecular formula is C23H29N5O7S. The highest BCUT2D eigenvalue weighted by Gasteiger charge is 2.44. The van der Waals surface area contributed by atoms with E-state index in [4.69, 9.17) is 15.7 Å². The minimum Gasteiger partial charge on any atom is -0.497 e. The van der Waals surface area contributed by atoms with Gasteiger partial charge in [-0.15, -0.1) is 0 Å². The van der Waals surface area contributed by atoms with Crippen LogP contribution < -0.4 is 26.6 Å². The van der Waals surface area contributed by atoms with Crippen LogP contribution in [0.5, 0.6) is 5.75 Å². The number of ether oxygens (including phenoxy) is 1. The molecule has 0 unspecified atom stereocenters. The second kappa shape index (κ2) is 11.9. The largest absolute Gasteiger partial charge is 0.497 e. The van der Waals surface area contributed by atoms with Crippen molar-refractivity contribution in [3.63, 3.8) is 0 Å². The fraction of sp³-hybridized carbons (Fsp3) is 0.348. The van der Waals surface area contributed by atoms with Gasteiger partial charge in [0.25, 0.3) is 5.91 Å². The molecule has 13 heteroatoms. The summed E-state index contributed by atoms with van der Waals surface area (Å²) in [5, 5.41) is 14.2. The van der Waals surface area contributed by atoms with Gasteiger partial charge in [-0.1, -0.05) is 30.3 Å². The van der Waals surface area contributed by atoms with Crippen molar-refractivity contribution in [3.8, 4) is 5.75 Å². The van der Waals surface area contributed by atoms with Crippen molar-refractivity contribution in [2.24, 2.45) is 5.73 Å². The van der Waals surface area contributed by atoms with Gasteiger partial charge in [0.1, 0.15) is 11.8 Å². The Balaban J connectivity index is 1.60. The van der Waals surface area contributed by atoms with Gasteiger partial charge in [-0.3, -0.25) is 19.6 Å². The number of methoxy groups -OCH3 is 1. The SMILES string of the molecule is COc1ccc(S(=O)(=O)N2C[C@@H](NC(=O)CNC(=O)[C@@H](N)Cc3ccccc3)C[C@H]2C(=O)NO)cc1. The monoisotopic (exact) mass is 519 g/mol. The highest BCUT2D eigenvalue weighted by atomic mass is 32.2. The number of carbonyl (C=O) groups is 3. The fourth-order valence-corrected chi connectivity index (χ4v) is 5.55. The van der Waals surface area contributed by atoms with E-state index >= 15 is 0 Å². The number of hydroxylamine groups is 1. The van der Waals surface area contributed by atoms with Crippen molar-refractivity contribution >= 4 is 27.7 Å². The quantitative estimate of drug-likeness (QED) is 0.198. The maximum atomic E-state index is 13.2. The van der Waals surface area contributed by atoms with Crippen LogP contribution in [0.25, 0.3) is 0 Å². The number of nitrogens with two attached hydrogens (primary N) is 1. The molecule has 0 saturated carbocycles. The highest BCUT2D eigenvalue weighted by Crippen LogP contribution is 2.27. The number of nitrogens with zero attached hydrogens (tertiary/aromatic N) is 1. The van der Waals surface area contributed by atoms with E-state index in [0.717, 1.165) is 9.87 Å². The summed E-state index contributed by atoms with van der Waals surface area (Å²) in [6, 6.07) is 12.0. The topological polar surface area (TPSA) is 180 Å². The number of hydrogen-bond donors (Lipinski definition) is 5. The van der Waals surface area contributed by atoms with Gasteiger partial charge in [-0.05, 0) is 42.7 Å². The molecule has 36 heavy (non-hydrogen) atoms. The number of sulfonamides is 1. The summed E-state index contributed by atoms with van der Waals surface area (Å²) in [5.41, 5.74) is 8.27. The molecule has 1 aliphatic rings. The Morgan fingerprint density at radius 1 is 1.14 bits per heavy atom. The zero-order valence-corrected chi connectivity index (χ0v) is 20.4. The van der Waals surface area contributed by atoms with Crippen molar-refractivity contribution in [2.45, 2.75) is 35.9 Å². The van der Waals surface area contributed by atoms with Crippen LogP contribution >= 0.6 is 0 Å². The molecule has 6 N–H and O–H groups in total. The average Bonchev–Trinajstić information content (AvgIpc) is 3.32. The molecule has 1 fully saturated rings. The molecule has 0 radical (unpaired) electrons. The molecule has 2 aromatic rings. The van der Waals surface area contributed by atoms with Crippen molar-refractivity contribution in [1.82, 2.24) is 20.4 Å². The lowest BCUT2D eigenvalue weighted by Crippen LogP contribution is -2.48. The molecule has 3 amide bonds. The maximum Gasteiger partial charge on any atom is 0.261 e. The molecule has 3 atom stereocenters. The van der Waals surface area contributed by atoms with Gasteiger partial charge in [-0.2, -0.15) is 4.31 Å². The number of hydrogen-bond acceptors (Lipinski definition) is 8. The minimum atomic E-state index is -4.14.